The fourth-order valence-corrected chi connectivity index (χ4v) is 8.56. The summed E-state index contributed by atoms with van der Waals surface area (Å²) in [6, 6.07) is 0. The van der Waals surface area contributed by atoms with Crippen molar-refractivity contribution in [3.05, 3.63) is 21.8 Å². The fourth-order valence-electron chi connectivity index (χ4n) is 3.93. The fraction of sp³-hybridized carbons (Fsp3) is 0.467. The molecule has 0 saturated carbocycles. The van der Waals surface area contributed by atoms with Crippen molar-refractivity contribution in [3.63, 3.8) is 0 Å². The highest BCUT2D eigenvalue weighted by molar-refractivity contribution is 14.1. The molecule has 0 fully saturated rings. The molecule has 54 heavy (non-hydrogen) atoms. The third kappa shape index (κ3) is 15.6. The predicted molar refractivity (Wildman–Crippen MR) is 205 cm³/mol. The Morgan fingerprint density at radius 2 is 1.04 bits per heavy atom. The van der Waals surface area contributed by atoms with Gasteiger partial charge in [-0.2, -0.15) is 0 Å². The van der Waals surface area contributed by atoms with Crippen molar-refractivity contribution in [2.24, 2.45) is 0 Å². The van der Waals surface area contributed by atoms with Gasteiger partial charge in [0.15, 0.2) is 18.8 Å². The van der Waals surface area contributed by atoms with Crippen LogP contribution < -0.4 is 10.6 Å². The predicted octanol–water partition coefficient (Wildman–Crippen LogP) is 2.10. The van der Waals surface area contributed by atoms with Crippen molar-refractivity contribution in [3.8, 4) is 0 Å². The average molecular weight is 1120 g/mol. The first kappa shape index (κ1) is 48.4. The monoisotopic (exact) mass is 1120 g/mol. The van der Waals surface area contributed by atoms with Gasteiger partial charge in [-0.15, -0.1) is 0 Å². The molecule has 1 aromatic rings. The summed E-state index contributed by atoms with van der Waals surface area (Å²) in [4.78, 5) is 124. The van der Waals surface area contributed by atoms with Crippen LogP contribution in [-0.2, 0) is 71.5 Å². The summed E-state index contributed by atoms with van der Waals surface area (Å²) in [6.45, 7) is 4.83. The van der Waals surface area contributed by atoms with Crippen molar-refractivity contribution in [2.75, 3.05) is 25.1 Å². The van der Waals surface area contributed by atoms with E-state index in [0.717, 1.165) is 48.5 Å². The van der Waals surface area contributed by atoms with E-state index in [-0.39, 0.29) is 22.0 Å². The van der Waals surface area contributed by atoms with Gasteiger partial charge in [0.2, 0.25) is 12.5 Å². The summed E-state index contributed by atoms with van der Waals surface area (Å²) < 4.78 is 35.3. The number of benzene rings is 1. The quantitative estimate of drug-likeness (QED) is 0.0744. The summed E-state index contributed by atoms with van der Waals surface area (Å²) >= 11 is 11.4. The largest absolute Gasteiger partial charge is 0.462 e. The van der Waals surface area contributed by atoms with Crippen LogP contribution in [0.5, 0.6) is 0 Å². The average Bonchev–Trinajstić information content (AvgIpc) is 3.03. The van der Waals surface area contributed by atoms with Crippen LogP contribution >= 0.6 is 79.5 Å². The molecule has 0 saturated heterocycles. The molecule has 0 heterocycles. The van der Waals surface area contributed by atoms with Gasteiger partial charge < -0.3 is 43.8 Å². The molecule has 0 aromatic heterocycles. The standard InChI is InChI=1S/C30H33ClI3N3O17/c1-11(38)48-8-18(51-14(4)41)28(53-16(6)43)36-27(46)21-23(32)22(25(34)26(24(21)33)35-20(45)10-50-13(3)40)29(47)37(31)30(54-17(7)44)19(52-15(5)42)9-49-12(2)39/h18-19,28,30H,8-10H2,1-7H3,(H,35,45)(H,36,46). The van der Waals surface area contributed by atoms with Crippen LogP contribution in [0.15, 0.2) is 0 Å². The Hall–Kier alpha value is -3.60. The minimum Gasteiger partial charge on any atom is -0.462 e. The van der Waals surface area contributed by atoms with Gasteiger partial charge >= 0.3 is 41.8 Å². The Kier molecular flexibility index (Phi) is 20.4. The smallest absolute Gasteiger partial charge is 0.304 e. The highest BCUT2D eigenvalue weighted by atomic mass is 127. The number of carbonyl (C=O) groups excluding carboxylic acids is 10. The van der Waals surface area contributed by atoms with Crippen molar-refractivity contribution in [1.82, 2.24) is 9.74 Å². The molecule has 0 aliphatic heterocycles. The first-order valence-corrected chi connectivity index (χ1v) is 18.4. The van der Waals surface area contributed by atoms with Crippen molar-refractivity contribution < 1.29 is 81.1 Å². The molecule has 1 rings (SSSR count). The zero-order chi connectivity index (χ0) is 41.6. The summed E-state index contributed by atoms with van der Waals surface area (Å²) in [5, 5.41) is 4.80. The van der Waals surface area contributed by atoms with E-state index >= 15 is 0 Å². The highest BCUT2D eigenvalue weighted by Crippen LogP contribution is 2.37. The van der Waals surface area contributed by atoms with Gasteiger partial charge in [-0.3, -0.25) is 47.9 Å². The van der Waals surface area contributed by atoms with Gasteiger partial charge in [0.05, 0.1) is 24.0 Å². The summed E-state index contributed by atoms with van der Waals surface area (Å²) in [7, 11) is 0. The SMILES string of the molecule is CC(=O)OCC(=O)Nc1c(I)c(C(=O)NC(OC(C)=O)C(COC(C)=O)OC(C)=O)c(I)c(C(=O)N(Cl)C(OC(C)=O)C(COC(C)=O)OC(C)=O)c1I. The number of nitrogens with one attached hydrogen (secondary N) is 2. The van der Waals surface area contributed by atoms with E-state index in [4.69, 9.17) is 44.9 Å². The number of hydrogen-bond acceptors (Lipinski definition) is 17. The number of esters is 7. The second-order valence-electron chi connectivity index (χ2n) is 10.4. The Balaban J connectivity index is 4.06. The Morgan fingerprint density at radius 3 is 1.50 bits per heavy atom. The minimum atomic E-state index is -1.95. The Bertz CT molecular complexity index is 1690. The third-order valence-corrected chi connectivity index (χ3v) is 9.47. The van der Waals surface area contributed by atoms with Crippen LogP contribution in [0.3, 0.4) is 0 Å². The maximum atomic E-state index is 14.3. The molecule has 24 heteroatoms. The van der Waals surface area contributed by atoms with Gasteiger partial charge in [0, 0.05) is 63.8 Å². The third-order valence-electron chi connectivity index (χ3n) is 5.89. The van der Waals surface area contributed by atoms with E-state index < -0.39 is 110 Å². The van der Waals surface area contributed by atoms with Crippen LogP contribution in [0, 0.1) is 10.7 Å². The Morgan fingerprint density at radius 1 is 0.593 bits per heavy atom. The van der Waals surface area contributed by atoms with E-state index in [1.54, 1.807) is 67.8 Å². The van der Waals surface area contributed by atoms with Gasteiger partial charge in [0.1, 0.15) is 13.2 Å². The lowest BCUT2D eigenvalue weighted by molar-refractivity contribution is -0.180. The second-order valence-corrected chi connectivity index (χ2v) is 14.0. The Labute approximate surface area is 353 Å². The van der Waals surface area contributed by atoms with Gasteiger partial charge in [-0.1, -0.05) is 0 Å². The molecule has 20 nitrogen and oxygen atoms in total. The molecule has 1 aromatic carbocycles. The number of nitrogens with zero attached hydrogens (tertiary/aromatic N) is 1. The molecule has 4 unspecified atom stereocenters. The maximum absolute atomic E-state index is 14.3. The van der Waals surface area contributed by atoms with Crippen molar-refractivity contribution in [1.29, 1.82) is 0 Å². The minimum absolute atomic E-state index is 0.0393. The van der Waals surface area contributed by atoms with E-state index in [1.807, 2.05) is 0 Å². The molecule has 0 spiro atoms. The van der Waals surface area contributed by atoms with E-state index in [0.29, 0.717) is 4.42 Å². The number of hydrogen-bond donors (Lipinski definition) is 2. The lowest BCUT2D eigenvalue weighted by Gasteiger charge is -2.31. The summed E-state index contributed by atoms with van der Waals surface area (Å²) in [5.41, 5.74) is -1.00. The zero-order valence-corrected chi connectivity index (χ0v) is 36.6. The molecule has 0 bridgehead atoms. The molecule has 298 valence electrons. The van der Waals surface area contributed by atoms with Crippen LogP contribution in [-0.4, -0.2) is 108 Å². The first-order chi connectivity index (χ1) is 25.0. The molecular formula is C30H33ClI3N3O17. The lowest BCUT2D eigenvalue weighted by Crippen LogP contribution is -2.50. The number of rotatable bonds is 17. The van der Waals surface area contributed by atoms with Crippen molar-refractivity contribution >= 4 is 145 Å². The summed E-state index contributed by atoms with van der Waals surface area (Å²) in [6.07, 6.45) is -7.01. The topological polar surface area (TPSA) is 263 Å². The number of amides is 3. The number of carbonyl (C=O) groups is 10. The van der Waals surface area contributed by atoms with Crippen LogP contribution in [0.25, 0.3) is 0 Å². The first-order valence-electron chi connectivity index (χ1n) is 14.9. The lowest BCUT2D eigenvalue weighted by atomic mass is 10.1. The van der Waals surface area contributed by atoms with Gasteiger partial charge in [-0.25, -0.2) is 4.42 Å². The molecule has 0 aliphatic carbocycles. The zero-order valence-electron chi connectivity index (χ0n) is 29.3. The number of anilines is 1. The number of halogens is 4. The van der Waals surface area contributed by atoms with E-state index in [2.05, 4.69) is 10.6 Å². The van der Waals surface area contributed by atoms with E-state index in [9.17, 15) is 47.9 Å². The molecule has 2 N–H and O–H groups in total. The van der Waals surface area contributed by atoms with Crippen molar-refractivity contribution in [2.45, 2.75) is 73.1 Å². The molecule has 0 aliphatic rings. The van der Waals surface area contributed by atoms with E-state index in [1.165, 1.54) is 0 Å². The van der Waals surface area contributed by atoms with Crippen LogP contribution in [0.1, 0.15) is 69.2 Å². The molecule has 3 amide bonds. The molecular weight excluding hydrogens is 1090 g/mol. The van der Waals surface area contributed by atoms with Gasteiger partial charge in [-0.05, 0) is 67.8 Å². The van der Waals surface area contributed by atoms with Crippen LogP contribution in [0.2, 0.25) is 0 Å². The molecule has 4 atom stereocenters. The van der Waals surface area contributed by atoms with Gasteiger partial charge in [0.25, 0.3) is 17.7 Å². The normalized spacial score (nSPS) is 12.6. The molecule has 0 radical (unpaired) electrons. The second kappa shape index (κ2) is 22.7. The summed E-state index contributed by atoms with van der Waals surface area (Å²) in [5.74, 6) is -9.52. The van der Waals surface area contributed by atoms with Crippen LogP contribution in [0.4, 0.5) is 5.69 Å². The number of ether oxygens (including phenoxy) is 7. The maximum Gasteiger partial charge on any atom is 0.304 e. The highest BCUT2D eigenvalue weighted by Gasteiger charge is 2.40.